The standard InChI is InChI=1S/C12H22N4O2/c13-15-14-7-5-3-1-2-4-6-12(17)16-8-10-18-11-9-16/h1-11H2. The van der Waals surface area contributed by atoms with Gasteiger partial charge >= 0.3 is 0 Å². The minimum Gasteiger partial charge on any atom is -0.378 e. The second kappa shape index (κ2) is 9.74. The highest BCUT2D eigenvalue weighted by molar-refractivity contribution is 5.76. The molecule has 0 bridgehead atoms. The Morgan fingerprint density at radius 3 is 2.56 bits per heavy atom. The Morgan fingerprint density at radius 2 is 1.83 bits per heavy atom. The number of rotatable bonds is 8. The Bertz CT molecular complexity index is 284. The van der Waals surface area contributed by atoms with Gasteiger partial charge in [-0.15, -0.1) is 0 Å². The summed E-state index contributed by atoms with van der Waals surface area (Å²) in [6.07, 6.45) is 5.81. The van der Waals surface area contributed by atoms with Gasteiger partial charge in [0.1, 0.15) is 0 Å². The Balaban J connectivity index is 1.93. The SMILES string of the molecule is [N-]=[N+]=NCCCCCCCC(=O)N1CCOCC1. The van der Waals surface area contributed by atoms with Crippen molar-refractivity contribution in [2.24, 2.45) is 5.11 Å². The maximum atomic E-state index is 11.8. The zero-order valence-electron chi connectivity index (χ0n) is 10.9. The van der Waals surface area contributed by atoms with E-state index < -0.39 is 0 Å². The summed E-state index contributed by atoms with van der Waals surface area (Å²) in [5, 5.41) is 3.49. The van der Waals surface area contributed by atoms with Crippen LogP contribution < -0.4 is 0 Å². The molecule has 0 aliphatic carbocycles. The van der Waals surface area contributed by atoms with Gasteiger partial charge in [0.25, 0.3) is 0 Å². The summed E-state index contributed by atoms with van der Waals surface area (Å²) in [5.74, 6) is 0.257. The molecule has 0 radical (unpaired) electrons. The number of azide groups is 1. The molecule has 1 rings (SSSR count). The van der Waals surface area contributed by atoms with Crippen molar-refractivity contribution >= 4 is 5.91 Å². The van der Waals surface area contributed by atoms with E-state index in [-0.39, 0.29) is 5.91 Å². The van der Waals surface area contributed by atoms with Gasteiger partial charge in [0, 0.05) is 31.0 Å². The summed E-state index contributed by atoms with van der Waals surface area (Å²) in [4.78, 5) is 16.4. The third-order valence-electron chi connectivity index (χ3n) is 3.08. The van der Waals surface area contributed by atoms with Crippen LogP contribution in [0.15, 0.2) is 5.11 Å². The molecule has 0 spiro atoms. The third kappa shape index (κ3) is 6.47. The molecule has 1 aliphatic rings. The molecule has 0 aromatic carbocycles. The fourth-order valence-electron chi connectivity index (χ4n) is 2.00. The van der Waals surface area contributed by atoms with E-state index in [0.29, 0.717) is 26.2 Å². The van der Waals surface area contributed by atoms with E-state index in [4.69, 9.17) is 10.3 Å². The van der Waals surface area contributed by atoms with E-state index in [9.17, 15) is 4.79 Å². The second-order valence-corrected chi connectivity index (χ2v) is 4.47. The number of hydrogen-bond donors (Lipinski definition) is 0. The summed E-state index contributed by atoms with van der Waals surface area (Å²) >= 11 is 0. The Kier molecular flexibility index (Phi) is 8.01. The van der Waals surface area contributed by atoms with Crippen molar-refractivity contribution in [3.8, 4) is 0 Å². The van der Waals surface area contributed by atoms with E-state index in [2.05, 4.69) is 10.0 Å². The quantitative estimate of drug-likeness (QED) is 0.289. The molecule has 18 heavy (non-hydrogen) atoms. The van der Waals surface area contributed by atoms with Crippen LogP contribution in [-0.4, -0.2) is 43.7 Å². The van der Waals surface area contributed by atoms with Crippen molar-refractivity contribution in [2.75, 3.05) is 32.8 Å². The highest BCUT2D eigenvalue weighted by Crippen LogP contribution is 2.08. The molecule has 0 unspecified atom stereocenters. The molecule has 0 atom stereocenters. The first-order valence-electron chi connectivity index (χ1n) is 6.71. The molecule has 1 amide bonds. The van der Waals surface area contributed by atoms with E-state index in [1.165, 1.54) is 0 Å². The summed E-state index contributed by atoms with van der Waals surface area (Å²) < 4.78 is 5.21. The van der Waals surface area contributed by atoms with Gasteiger partial charge in [-0.3, -0.25) is 4.79 Å². The molecule has 6 heteroatoms. The van der Waals surface area contributed by atoms with Crippen LogP contribution >= 0.6 is 0 Å². The average molecular weight is 254 g/mol. The van der Waals surface area contributed by atoms with Crippen LogP contribution in [-0.2, 0) is 9.53 Å². The lowest BCUT2D eigenvalue weighted by molar-refractivity contribution is -0.135. The van der Waals surface area contributed by atoms with Gasteiger partial charge in [0.2, 0.25) is 5.91 Å². The van der Waals surface area contributed by atoms with E-state index in [1.54, 1.807) is 0 Å². The van der Waals surface area contributed by atoms with Crippen LogP contribution in [0, 0.1) is 0 Å². The van der Waals surface area contributed by atoms with Crippen LogP contribution in [0.4, 0.5) is 0 Å². The molecule has 0 aromatic heterocycles. The van der Waals surface area contributed by atoms with E-state index >= 15 is 0 Å². The van der Waals surface area contributed by atoms with Gasteiger partial charge in [-0.2, -0.15) is 0 Å². The normalized spacial score (nSPS) is 15.2. The maximum Gasteiger partial charge on any atom is 0.222 e. The Morgan fingerprint density at radius 1 is 1.17 bits per heavy atom. The van der Waals surface area contributed by atoms with Crippen molar-refractivity contribution in [3.05, 3.63) is 10.4 Å². The monoisotopic (exact) mass is 254 g/mol. The van der Waals surface area contributed by atoms with Gasteiger partial charge in [-0.05, 0) is 18.4 Å². The third-order valence-corrected chi connectivity index (χ3v) is 3.08. The second-order valence-electron chi connectivity index (χ2n) is 4.47. The molecule has 0 aromatic rings. The number of amides is 1. The van der Waals surface area contributed by atoms with Crippen LogP contribution in [0.25, 0.3) is 10.4 Å². The number of carbonyl (C=O) groups is 1. The molecular formula is C12H22N4O2. The van der Waals surface area contributed by atoms with Crippen molar-refractivity contribution in [1.29, 1.82) is 0 Å². The number of morpholine rings is 1. The highest BCUT2D eigenvalue weighted by Gasteiger charge is 2.15. The summed E-state index contributed by atoms with van der Waals surface area (Å²) in [6, 6.07) is 0. The van der Waals surface area contributed by atoms with E-state index in [1.807, 2.05) is 4.90 Å². The zero-order valence-corrected chi connectivity index (χ0v) is 10.9. The molecule has 0 N–H and O–H groups in total. The highest BCUT2D eigenvalue weighted by atomic mass is 16.5. The predicted molar refractivity (Wildman–Crippen MR) is 69.1 cm³/mol. The number of unbranched alkanes of at least 4 members (excludes halogenated alkanes) is 4. The van der Waals surface area contributed by atoms with Gasteiger partial charge in [0.05, 0.1) is 13.2 Å². The summed E-state index contributed by atoms with van der Waals surface area (Å²) in [5.41, 5.74) is 8.10. The molecular weight excluding hydrogens is 232 g/mol. The fraction of sp³-hybridized carbons (Fsp3) is 0.917. The number of hydrogen-bond acceptors (Lipinski definition) is 3. The first-order chi connectivity index (χ1) is 8.84. The lowest BCUT2D eigenvalue weighted by Crippen LogP contribution is -2.40. The van der Waals surface area contributed by atoms with Crippen molar-refractivity contribution < 1.29 is 9.53 Å². The smallest absolute Gasteiger partial charge is 0.222 e. The van der Waals surface area contributed by atoms with Gasteiger partial charge in [-0.25, -0.2) is 0 Å². The first kappa shape index (κ1) is 14.8. The lowest BCUT2D eigenvalue weighted by atomic mass is 10.1. The number of nitrogens with zero attached hydrogens (tertiary/aromatic N) is 4. The molecule has 6 nitrogen and oxygen atoms in total. The number of ether oxygens (including phenoxy) is 1. The van der Waals surface area contributed by atoms with Crippen molar-refractivity contribution in [3.63, 3.8) is 0 Å². The largest absolute Gasteiger partial charge is 0.378 e. The van der Waals surface area contributed by atoms with E-state index in [0.717, 1.165) is 45.2 Å². The Labute approximate surface area is 108 Å². The molecule has 1 fully saturated rings. The van der Waals surface area contributed by atoms with Gasteiger partial charge in [-0.1, -0.05) is 24.4 Å². The lowest BCUT2D eigenvalue weighted by Gasteiger charge is -2.26. The first-order valence-corrected chi connectivity index (χ1v) is 6.71. The molecule has 1 aliphatic heterocycles. The molecule has 0 saturated carbocycles. The molecule has 102 valence electrons. The average Bonchev–Trinajstić information content (AvgIpc) is 2.42. The summed E-state index contributed by atoms with van der Waals surface area (Å²) in [7, 11) is 0. The minimum atomic E-state index is 0.257. The predicted octanol–water partition coefficient (Wildman–Crippen LogP) is 2.50. The van der Waals surface area contributed by atoms with Gasteiger partial charge < -0.3 is 9.64 Å². The van der Waals surface area contributed by atoms with Crippen LogP contribution in [0.5, 0.6) is 0 Å². The molecule has 1 heterocycles. The van der Waals surface area contributed by atoms with Crippen LogP contribution in [0.3, 0.4) is 0 Å². The molecule has 1 saturated heterocycles. The fourth-order valence-corrected chi connectivity index (χ4v) is 2.00. The van der Waals surface area contributed by atoms with Crippen LogP contribution in [0.2, 0.25) is 0 Å². The van der Waals surface area contributed by atoms with Crippen LogP contribution in [0.1, 0.15) is 38.5 Å². The van der Waals surface area contributed by atoms with Crippen molar-refractivity contribution in [2.45, 2.75) is 38.5 Å². The number of carbonyl (C=O) groups excluding carboxylic acids is 1. The van der Waals surface area contributed by atoms with Gasteiger partial charge in [0.15, 0.2) is 0 Å². The minimum absolute atomic E-state index is 0.257. The Hall–Kier alpha value is -1.26. The van der Waals surface area contributed by atoms with Crippen molar-refractivity contribution in [1.82, 2.24) is 4.90 Å². The topological polar surface area (TPSA) is 78.3 Å². The summed E-state index contributed by atoms with van der Waals surface area (Å²) in [6.45, 7) is 3.41. The maximum absolute atomic E-state index is 11.8. The zero-order chi connectivity index (χ0) is 13.1.